The van der Waals surface area contributed by atoms with Gasteiger partial charge in [0.15, 0.2) is 0 Å². The van der Waals surface area contributed by atoms with Crippen molar-refractivity contribution < 1.29 is 29.7 Å². The van der Waals surface area contributed by atoms with E-state index < -0.39 is 17.9 Å². The first kappa shape index (κ1) is 59.3. The SMILES string of the molecule is CC(=O)[O-].CCCCCCCCCCCC(=O)[O-].CCCCCCCCCCCC(=O)[O-].CCC[CH2][Sn+2][CH2]CCC.CCC[CH2][Sn+2][CH2]CCC. The molecule has 0 aromatic heterocycles. The summed E-state index contributed by atoms with van der Waals surface area (Å²) in [5.74, 6) is -2.90. The molecule has 0 radical (unpaired) electrons. The standard InChI is InChI=1S/2C12H24O2.4C4H9.C2H4O2.2Sn/c2*1-2-3-4-5-6-7-8-9-10-11-12(13)14;4*1-3-4-2;1-2(3)4;;/h2*2-11H2,1H3,(H,13,14);4*1,3-4H2,2H3;1H3,(H,3,4);;/q;;;;;;;2*+2/p-3. The molecule has 0 amide bonds. The van der Waals surface area contributed by atoms with Crippen LogP contribution >= 0.6 is 0 Å². The van der Waals surface area contributed by atoms with Crippen molar-refractivity contribution in [1.82, 2.24) is 0 Å². The van der Waals surface area contributed by atoms with Gasteiger partial charge in [0.2, 0.25) is 0 Å². The van der Waals surface area contributed by atoms with Crippen LogP contribution in [0.25, 0.3) is 0 Å². The Balaban J connectivity index is -0.000000177. The van der Waals surface area contributed by atoms with Crippen molar-refractivity contribution in [3.63, 3.8) is 0 Å². The summed E-state index contributed by atoms with van der Waals surface area (Å²) in [6, 6.07) is 0. The Morgan fingerprint density at radius 2 is 0.520 bits per heavy atom. The molecule has 0 aliphatic rings. The summed E-state index contributed by atoms with van der Waals surface area (Å²) in [6.07, 6.45) is 34.0. The van der Waals surface area contributed by atoms with Crippen LogP contribution in [0, 0.1) is 0 Å². The molecule has 0 bridgehead atoms. The van der Waals surface area contributed by atoms with Gasteiger partial charge in [-0.15, -0.1) is 0 Å². The van der Waals surface area contributed by atoms with E-state index in [-0.39, 0.29) is 55.1 Å². The second kappa shape index (κ2) is 61.1. The number of carbonyl (C=O) groups is 3. The third-order valence-corrected chi connectivity index (χ3v) is 15.9. The molecule has 0 fully saturated rings. The zero-order valence-electron chi connectivity index (χ0n) is 34.6. The molecular formula is C42H85O6Sn2+. The fraction of sp³-hybridized carbons (Fsp3) is 0.929. The maximum atomic E-state index is 10.1. The van der Waals surface area contributed by atoms with Gasteiger partial charge in [0.1, 0.15) is 0 Å². The zero-order chi connectivity index (χ0) is 38.8. The second-order valence-electron chi connectivity index (χ2n) is 13.3. The molecule has 0 saturated heterocycles. The van der Waals surface area contributed by atoms with E-state index in [9.17, 15) is 19.8 Å². The number of hydrogen-bond acceptors (Lipinski definition) is 6. The van der Waals surface area contributed by atoms with Gasteiger partial charge in [0.05, 0.1) is 0 Å². The number of rotatable bonds is 32. The summed E-state index contributed by atoms with van der Waals surface area (Å²) >= 11 is 0.299. The van der Waals surface area contributed by atoms with E-state index in [4.69, 9.17) is 9.90 Å². The average molecular weight is 924 g/mol. The Morgan fingerprint density at radius 3 is 0.700 bits per heavy atom. The van der Waals surface area contributed by atoms with Crippen molar-refractivity contribution in [3.8, 4) is 0 Å². The van der Waals surface area contributed by atoms with E-state index in [1.54, 1.807) is 17.7 Å². The number of carbonyl (C=O) groups excluding carboxylic acids is 3. The molecular weight excluding hydrogens is 838 g/mol. The Labute approximate surface area is 333 Å². The van der Waals surface area contributed by atoms with E-state index in [2.05, 4.69) is 41.5 Å². The first-order chi connectivity index (χ1) is 24.1. The molecule has 0 rings (SSSR count). The van der Waals surface area contributed by atoms with Gasteiger partial charge < -0.3 is 29.7 Å². The molecule has 6 nitrogen and oxygen atoms in total. The topological polar surface area (TPSA) is 120 Å². The molecule has 0 aliphatic heterocycles. The van der Waals surface area contributed by atoms with Crippen LogP contribution in [-0.4, -0.2) is 60.2 Å². The van der Waals surface area contributed by atoms with Gasteiger partial charge >= 0.3 is 139 Å². The fourth-order valence-corrected chi connectivity index (χ4v) is 12.9. The Morgan fingerprint density at radius 1 is 0.340 bits per heavy atom. The second-order valence-corrected chi connectivity index (χ2v) is 21.9. The van der Waals surface area contributed by atoms with Gasteiger partial charge in [-0.05, 0) is 32.6 Å². The number of aliphatic carboxylic acids is 3. The fourth-order valence-electron chi connectivity index (χ4n) is 4.62. The van der Waals surface area contributed by atoms with Crippen LogP contribution in [0.3, 0.4) is 0 Å². The van der Waals surface area contributed by atoms with E-state index in [1.807, 2.05) is 0 Å². The third-order valence-electron chi connectivity index (χ3n) is 7.80. The molecule has 296 valence electrons. The van der Waals surface area contributed by atoms with Crippen molar-refractivity contribution in [3.05, 3.63) is 0 Å². The van der Waals surface area contributed by atoms with Crippen molar-refractivity contribution in [2.24, 2.45) is 0 Å². The monoisotopic (exact) mass is 925 g/mol. The first-order valence-electron chi connectivity index (χ1n) is 21.1. The summed E-state index contributed by atoms with van der Waals surface area (Å²) in [5, 5.41) is 29.1. The van der Waals surface area contributed by atoms with Crippen molar-refractivity contribution in [2.75, 3.05) is 0 Å². The Kier molecular flexibility index (Phi) is 72.4. The molecule has 0 aromatic carbocycles. The van der Waals surface area contributed by atoms with Crippen molar-refractivity contribution in [2.45, 2.75) is 246 Å². The van der Waals surface area contributed by atoms with Gasteiger partial charge in [-0.25, -0.2) is 0 Å². The summed E-state index contributed by atoms with van der Waals surface area (Å²) in [7, 11) is 0. The summed E-state index contributed by atoms with van der Waals surface area (Å²) in [5.41, 5.74) is 0. The van der Waals surface area contributed by atoms with Crippen LogP contribution in [0.1, 0.15) is 228 Å². The number of carboxylic acids is 3. The summed E-state index contributed by atoms with van der Waals surface area (Å²) < 4.78 is 6.50. The van der Waals surface area contributed by atoms with Crippen LogP contribution in [-0.2, 0) is 14.4 Å². The van der Waals surface area contributed by atoms with Crippen LogP contribution in [0.15, 0.2) is 0 Å². The van der Waals surface area contributed by atoms with Crippen molar-refractivity contribution in [1.29, 1.82) is 0 Å². The third kappa shape index (κ3) is 91.7. The van der Waals surface area contributed by atoms with E-state index >= 15 is 0 Å². The first-order valence-corrected chi connectivity index (χ1v) is 29.2. The average Bonchev–Trinajstić information content (AvgIpc) is 3.07. The van der Waals surface area contributed by atoms with Gasteiger partial charge in [-0.2, -0.15) is 0 Å². The van der Waals surface area contributed by atoms with Gasteiger partial charge in [0, 0.05) is 17.9 Å². The molecule has 0 aliphatic carbocycles. The van der Waals surface area contributed by atoms with Gasteiger partial charge in [-0.3, -0.25) is 0 Å². The molecule has 0 N–H and O–H groups in total. The Hall–Kier alpha value is 0.00740. The van der Waals surface area contributed by atoms with Crippen molar-refractivity contribution >= 4 is 60.2 Å². The van der Waals surface area contributed by atoms with Crippen LogP contribution in [0.2, 0.25) is 17.7 Å². The predicted octanol–water partition coefficient (Wildman–Crippen LogP) is 10.3. The summed E-state index contributed by atoms with van der Waals surface area (Å²) in [6.45, 7) is 14.6. The molecule has 50 heavy (non-hydrogen) atoms. The summed E-state index contributed by atoms with van der Waals surface area (Å²) in [4.78, 5) is 29.1. The minimum atomic E-state index is -1.08. The zero-order valence-corrected chi connectivity index (χ0v) is 40.3. The van der Waals surface area contributed by atoms with E-state index in [1.165, 1.54) is 141 Å². The van der Waals surface area contributed by atoms with E-state index in [0.29, 0.717) is 0 Å². The normalized spacial score (nSPS) is 9.58. The molecule has 0 spiro atoms. The van der Waals surface area contributed by atoms with E-state index in [0.717, 1.165) is 32.6 Å². The predicted molar refractivity (Wildman–Crippen MR) is 215 cm³/mol. The van der Waals surface area contributed by atoms with Crippen LogP contribution in [0.4, 0.5) is 0 Å². The number of carboxylic acid groups (broad SMARTS) is 3. The molecule has 8 heteroatoms. The quantitative estimate of drug-likeness (QED) is 0.0490. The molecule has 0 unspecified atom stereocenters. The van der Waals surface area contributed by atoms with Crippen LogP contribution < -0.4 is 15.3 Å². The number of unbranched alkanes of at least 4 members (excludes halogenated alkanes) is 20. The molecule has 0 aromatic rings. The molecule has 0 saturated carbocycles. The Bertz CT molecular complexity index is 557. The van der Waals surface area contributed by atoms with Gasteiger partial charge in [-0.1, -0.05) is 117 Å². The van der Waals surface area contributed by atoms with Crippen LogP contribution in [0.5, 0.6) is 0 Å². The molecule has 0 atom stereocenters. The number of hydrogen-bond donors (Lipinski definition) is 0. The maximum absolute atomic E-state index is 10.1. The van der Waals surface area contributed by atoms with Gasteiger partial charge in [0.25, 0.3) is 0 Å². The molecule has 0 heterocycles. The minimum absolute atomic E-state index is 0.149.